The number of ether oxygens (including phenoxy) is 4. The summed E-state index contributed by atoms with van der Waals surface area (Å²) >= 11 is 0. The van der Waals surface area contributed by atoms with Gasteiger partial charge < -0.3 is 29.2 Å². The summed E-state index contributed by atoms with van der Waals surface area (Å²) in [6.07, 6.45) is 0.181. The molecule has 3 unspecified atom stereocenters. The van der Waals surface area contributed by atoms with Crippen LogP contribution in [0.1, 0.15) is 11.7 Å². The summed E-state index contributed by atoms with van der Waals surface area (Å²) in [5, 5.41) is 18.0. The highest BCUT2D eigenvalue weighted by molar-refractivity contribution is 5.17. The third kappa shape index (κ3) is 7.84. The minimum Gasteiger partial charge on any atom is -0.394 e. The molecule has 1 aromatic carbocycles. The highest BCUT2D eigenvalue weighted by atomic mass is 16.6. The van der Waals surface area contributed by atoms with E-state index in [9.17, 15) is 5.11 Å². The van der Waals surface area contributed by atoms with Crippen molar-refractivity contribution in [2.24, 2.45) is 0 Å². The monoisotopic (exact) mass is 312 g/mol. The summed E-state index contributed by atoms with van der Waals surface area (Å²) in [4.78, 5) is 0. The molecule has 1 aromatic rings. The maximum absolute atomic E-state index is 9.54. The zero-order valence-electron chi connectivity index (χ0n) is 12.6. The van der Waals surface area contributed by atoms with Crippen molar-refractivity contribution in [3.63, 3.8) is 0 Å². The molecule has 6 heteroatoms. The molecule has 2 saturated heterocycles. The SMILES string of the molecule is C(OCC1CO1)C1CO1.OCCOCC(O)c1ccccc1. The summed E-state index contributed by atoms with van der Waals surface area (Å²) in [6, 6.07) is 9.31. The second-order valence-corrected chi connectivity index (χ2v) is 5.17. The van der Waals surface area contributed by atoms with E-state index in [2.05, 4.69) is 0 Å². The van der Waals surface area contributed by atoms with Gasteiger partial charge in [-0.3, -0.25) is 0 Å². The van der Waals surface area contributed by atoms with Crippen LogP contribution in [0.2, 0.25) is 0 Å². The van der Waals surface area contributed by atoms with Crippen molar-refractivity contribution in [1.82, 2.24) is 0 Å². The first-order chi connectivity index (χ1) is 10.8. The molecule has 3 atom stereocenters. The largest absolute Gasteiger partial charge is 0.394 e. The molecule has 2 heterocycles. The summed E-state index contributed by atoms with van der Waals surface area (Å²) in [6.45, 7) is 3.74. The van der Waals surface area contributed by atoms with Gasteiger partial charge in [-0.1, -0.05) is 30.3 Å². The number of aliphatic hydroxyl groups is 2. The lowest BCUT2D eigenvalue weighted by Gasteiger charge is -2.10. The average Bonchev–Trinajstić information content (AvgIpc) is 3.44. The van der Waals surface area contributed by atoms with Gasteiger partial charge in [0, 0.05) is 0 Å². The van der Waals surface area contributed by atoms with Crippen molar-refractivity contribution in [2.45, 2.75) is 18.3 Å². The molecule has 0 spiro atoms. The predicted octanol–water partition coefficient (Wildman–Crippen LogP) is 0.529. The van der Waals surface area contributed by atoms with E-state index in [1.807, 2.05) is 30.3 Å². The molecular weight excluding hydrogens is 288 g/mol. The molecule has 3 rings (SSSR count). The van der Waals surface area contributed by atoms with Crippen LogP contribution >= 0.6 is 0 Å². The standard InChI is InChI=1S/C10H14O3.C6H10O3/c11-6-7-13-8-10(12)9-4-2-1-3-5-9;1(5-3-8-5)7-2-6-4-9-6/h1-5,10-12H,6-8H2;5-6H,1-4H2. The first-order valence-corrected chi connectivity index (χ1v) is 7.52. The van der Waals surface area contributed by atoms with Gasteiger partial charge in [0.15, 0.2) is 0 Å². The Balaban J connectivity index is 0.000000170. The van der Waals surface area contributed by atoms with Gasteiger partial charge in [0.1, 0.15) is 18.3 Å². The Morgan fingerprint density at radius 3 is 2.14 bits per heavy atom. The van der Waals surface area contributed by atoms with Gasteiger partial charge in [0.2, 0.25) is 0 Å². The molecule has 0 amide bonds. The first-order valence-electron chi connectivity index (χ1n) is 7.52. The summed E-state index contributed by atoms with van der Waals surface area (Å²) in [7, 11) is 0. The van der Waals surface area contributed by atoms with E-state index in [4.69, 9.17) is 24.1 Å². The molecule has 22 heavy (non-hydrogen) atoms. The average molecular weight is 312 g/mol. The van der Waals surface area contributed by atoms with Crippen LogP contribution in [-0.2, 0) is 18.9 Å². The van der Waals surface area contributed by atoms with Crippen LogP contribution in [0.15, 0.2) is 30.3 Å². The third-order valence-electron chi connectivity index (χ3n) is 3.11. The van der Waals surface area contributed by atoms with Crippen molar-refractivity contribution in [1.29, 1.82) is 0 Å². The van der Waals surface area contributed by atoms with E-state index >= 15 is 0 Å². The van der Waals surface area contributed by atoms with Crippen molar-refractivity contribution in [3.05, 3.63) is 35.9 Å². The molecule has 0 aromatic heterocycles. The zero-order valence-corrected chi connectivity index (χ0v) is 12.6. The molecule has 0 saturated carbocycles. The molecule has 0 bridgehead atoms. The first kappa shape index (κ1) is 17.3. The van der Waals surface area contributed by atoms with Crippen molar-refractivity contribution in [3.8, 4) is 0 Å². The van der Waals surface area contributed by atoms with Crippen LogP contribution in [0, 0.1) is 0 Å². The summed E-state index contributed by atoms with van der Waals surface area (Å²) < 4.78 is 20.1. The highest BCUT2D eigenvalue weighted by Gasteiger charge is 2.26. The Morgan fingerprint density at radius 2 is 1.64 bits per heavy atom. The van der Waals surface area contributed by atoms with Gasteiger partial charge in [-0.25, -0.2) is 0 Å². The van der Waals surface area contributed by atoms with E-state index in [0.29, 0.717) is 12.2 Å². The maximum atomic E-state index is 9.54. The van der Waals surface area contributed by atoms with Crippen LogP contribution in [0.25, 0.3) is 0 Å². The van der Waals surface area contributed by atoms with E-state index in [1.165, 1.54) is 0 Å². The van der Waals surface area contributed by atoms with Gasteiger partial charge in [-0.15, -0.1) is 0 Å². The smallest absolute Gasteiger partial charge is 0.104 e. The Labute approximate surface area is 130 Å². The van der Waals surface area contributed by atoms with E-state index in [-0.39, 0.29) is 19.8 Å². The van der Waals surface area contributed by atoms with E-state index in [1.54, 1.807) is 0 Å². The normalized spacial score (nSPS) is 23.4. The van der Waals surface area contributed by atoms with E-state index < -0.39 is 6.10 Å². The molecule has 2 aliphatic heterocycles. The van der Waals surface area contributed by atoms with Gasteiger partial charge in [-0.2, -0.15) is 0 Å². The number of rotatable bonds is 9. The molecule has 2 N–H and O–H groups in total. The fourth-order valence-corrected chi connectivity index (χ4v) is 1.69. The number of epoxide rings is 2. The van der Waals surface area contributed by atoms with Crippen LogP contribution in [0.3, 0.4) is 0 Å². The fourth-order valence-electron chi connectivity index (χ4n) is 1.69. The molecule has 0 aliphatic carbocycles. The highest BCUT2D eigenvalue weighted by Crippen LogP contribution is 2.12. The minimum absolute atomic E-state index is 0.0124. The van der Waals surface area contributed by atoms with Crippen molar-refractivity contribution >= 4 is 0 Å². The number of hydrogen-bond acceptors (Lipinski definition) is 6. The topological polar surface area (TPSA) is 84.0 Å². The Hall–Kier alpha value is -1.02. The number of benzene rings is 1. The van der Waals surface area contributed by atoms with Crippen LogP contribution in [0.4, 0.5) is 0 Å². The molecule has 2 fully saturated rings. The van der Waals surface area contributed by atoms with Crippen molar-refractivity contribution in [2.75, 3.05) is 46.2 Å². The van der Waals surface area contributed by atoms with Gasteiger partial charge >= 0.3 is 0 Å². The van der Waals surface area contributed by atoms with Crippen molar-refractivity contribution < 1.29 is 29.2 Å². The lowest BCUT2D eigenvalue weighted by atomic mass is 10.1. The fraction of sp³-hybridized carbons (Fsp3) is 0.625. The summed E-state index contributed by atoms with van der Waals surface area (Å²) in [5.74, 6) is 0. The Bertz CT molecular complexity index is 379. The second kappa shape index (κ2) is 9.89. The minimum atomic E-state index is -0.604. The quantitative estimate of drug-likeness (QED) is 0.511. The number of aliphatic hydroxyl groups excluding tert-OH is 2. The van der Waals surface area contributed by atoms with E-state index in [0.717, 1.165) is 32.0 Å². The number of hydrogen-bond donors (Lipinski definition) is 2. The van der Waals surface area contributed by atoms with Crippen LogP contribution in [-0.4, -0.2) is 68.7 Å². The lowest BCUT2D eigenvalue weighted by Crippen LogP contribution is -2.09. The predicted molar refractivity (Wildman–Crippen MR) is 79.6 cm³/mol. The summed E-state index contributed by atoms with van der Waals surface area (Å²) in [5.41, 5.74) is 0.834. The van der Waals surface area contributed by atoms with Gasteiger partial charge in [0.25, 0.3) is 0 Å². The lowest BCUT2D eigenvalue weighted by molar-refractivity contribution is 0.0206. The van der Waals surface area contributed by atoms with Gasteiger partial charge in [-0.05, 0) is 5.56 Å². The van der Waals surface area contributed by atoms with Crippen LogP contribution in [0.5, 0.6) is 0 Å². The van der Waals surface area contributed by atoms with Crippen LogP contribution < -0.4 is 0 Å². The third-order valence-corrected chi connectivity index (χ3v) is 3.11. The van der Waals surface area contributed by atoms with Gasteiger partial charge in [0.05, 0.1) is 46.2 Å². The molecule has 6 nitrogen and oxygen atoms in total. The second-order valence-electron chi connectivity index (χ2n) is 5.17. The Kier molecular flexibility index (Phi) is 7.79. The molecule has 124 valence electrons. The Morgan fingerprint density at radius 1 is 1.05 bits per heavy atom. The maximum Gasteiger partial charge on any atom is 0.104 e. The molecule has 2 aliphatic rings. The zero-order chi connectivity index (χ0) is 15.6. The molecule has 0 radical (unpaired) electrons. The molecular formula is C16H24O6.